The van der Waals surface area contributed by atoms with Gasteiger partial charge in [-0.2, -0.15) is 0 Å². The van der Waals surface area contributed by atoms with E-state index in [4.69, 9.17) is 5.11 Å². The number of hydrogen-bond donors (Lipinski definition) is 2. The van der Waals surface area contributed by atoms with Crippen LogP contribution in [0.5, 0.6) is 0 Å². The fraction of sp³-hybridized carbons (Fsp3) is 0.333. The molecule has 1 heterocycles. The fourth-order valence-corrected chi connectivity index (χ4v) is 2.44. The zero-order valence-electron chi connectivity index (χ0n) is 11.5. The average molecular weight is 337 g/mol. The SMILES string of the molecule is Cc1cc(C(=O)NC(C)CCO)c2ccc(Br)cc2n1. The molecule has 1 aromatic heterocycles. The van der Waals surface area contributed by atoms with Crippen LogP contribution >= 0.6 is 15.9 Å². The number of aliphatic hydroxyl groups is 1. The highest BCUT2D eigenvalue weighted by atomic mass is 79.9. The Balaban J connectivity index is 2.40. The van der Waals surface area contributed by atoms with E-state index in [9.17, 15) is 4.79 Å². The highest BCUT2D eigenvalue weighted by molar-refractivity contribution is 9.10. The molecular weight excluding hydrogens is 320 g/mol. The fourth-order valence-electron chi connectivity index (χ4n) is 2.09. The van der Waals surface area contributed by atoms with Crippen molar-refractivity contribution in [1.82, 2.24) is 10.3 Å². The Kier molecular flexibility index (Phi) is 4.73. The van der Waals surface area contributed by atoms with Gasteiger partial charge in [0.25, 0.3) is 5.91 Å². The molecule has 2 N–H and O–H groups in total. The number of fused-ring (bicyclic) bond motifs is 1. The van der Waals surface area contributed by atoms with Gasteiger partial charge in [0.1, 0.15) is 0 Å². The third-order valence-electron chi connectivity index (χ3n) is 3.08. The number of benzene rings is 1. The Morgan fingerprint density at radius 1 is 1.45 bits per heavy atom. The van der Waals surface area contributed by atoms with Gasteiger partial charge in [0.15, 0.2) is 0 Å². The summed E-state index contributed by atoms with van der Waals surface area (Å²) in [5.74, 6) is -0.135. The molecule has 1 unspecified atom stereocenters. The van der Waals surface area contributed by atoms with Crippen LogP contribution in [0.1, 0.15) is 29.4 Å². The number of aromatic nitrogens is 1. The maximum absolute atomic E-state index is 12.3. The van der Waals surface area contributed by atoms with Crippen LogP contribution in [0.2, 0.25) is 0 Å². The van der Waals surface area contributed by atoms with E-state index in [1.807, 2.05) is 32.0 Å². The number of pyridine rings is 1. The van der Waals surface area contributed by atoms with Crippen molar-refractivity contribution in [2.45, 2.75) is 26.3 Å². The van der Waals surface area contributed by atoms with Crippen molar-refractivity contribution in [2.24, 2.45) is 0 Å². The molecule has 0 aliphatic carbocycles. The summed E-state index contributed by atoms with van der Waals surface area (Å²) in [7, 11) is 0. The van der Waals surface area contributed by atoms with Crippen LogP contribution in [0, 0.1) is 6.92 Å². The third-order valence-corrected chi connectivity index (χ3v) is 3.58. The standard InChI is InChI=1S/C15H17BrN2O2/c1-9(5-6-19)18-15(20)13-7-10(2)17-14-8-11(16)3-4-12(13)14/h3-4,7-9,19H,5-6H2,1-2H3,(H,18,20). The van der Waals surface area contributed by atoms with E-state index >= 15 is 0 Å². The number of halogens is 1. The van der Waals surface area contributed by atoms with Crippen molar-refractivity contribution < 1.29 is 9.90 Å². The van der Waals surface area contributed by atoms with E-state index in [2.05, 4.69) is 26.2 Å². The molecule has 2 rings (SSSR count). The molecule has 20 heavy (non-hydrogen) atoms. The molecule has 0 radical (unpaired) electrons. The van der Waals surface area contributed by atoms with Gasteiger partial charge in [0, 0.05) is 28.2 Å². The number of nitrogens with one attached hydrogen (secondary N) is 1. The van der Waals surface area contributed by atoms with Crippen LogP contribution < -0.4 is 5.32 Å². The Labute approximate surface area is 126 Å². The van der Waals surface area contributed by atoms with Crippen LogP contribution in [0.25, 0.3) is 10.9 Å². The molecular formula is C15H17BrN2O2. The molecule has 1 atom stereocenters. The first-order chi connectivity index (χ1) is 9.51. The molecule has 1 amide bonds. The summed E-state index contributed by atoms with van der Waals surface area (Å²) in [4.78, 5) is 16.8. The molecule has 0 bridgehead atoms. The number of carbonyl (C=O) groups excluding carboxylic acids is 1. The summed E-state index contributed by atoms with van der Waals surface area (Å²) in [6.45, 7) is 3.81. The van der Waals surface area contributed by atoms with Crippen LogP contribution in [0.4, 0.5) is 0 Å². The van der Waals surface area contributed by atoms with E-state index in [1.165, 1.54) is 0 Å². The van der Waals surface area contributed by atoms with Crippen molar-refractivity contribution in [3.63, 3.8) is 0 Å². The number of hydrogen-bond acceptors (Lipinski definition) is 3. The molecule has 4 nitrogen and oxygen atoms in total. The number of nitrogens with zero attached hydrogens (tertiary/aromatic N) is 1. The Bertz CT molecular complexity index is 638. The van der Waals surface area contributed by atoms with Gasteiger partial charge in [-0.3, -0.25) is 9.78 Å². The molecule has 0 saturated heterocycles. The number of aryl methyl sites for hydroxylation is 1. The lowest BCUT2D eigenvalue weighted by Crippen LogP contribution is -2.33. The van der Waals surface area contributed by atoms with Crippen LogP contribution in [-0.2, 0) is 0 Å². The van der Waals surface area contributed by atoms with Gasteiger partial charge in [-0.1, -0.05) is 22.0 Å². The van der Waals surface area contributed by atoms with Gasteiger partial charge < -0.3 is 10.4 Å². The second-order valence-corrected chi connectivity index (χ2v) is 5.78. The first-order valence-electron chi connectivity index (χ1n) is 6.50. The van der Waals surface area contributed by atoms with Crippen LogP contribution in [0.3, 0.4) is 0 Å². The Morgan fingerprint density at radius 2 is 2.20 bits per heavy atom. The average Bonchev–Trinajstić information content (AvgIpc) is 2.37. The number of carbonyl (C=O) groups is 1. The van der Waals surface area contributed by atoms with E-state index in [0.29, 0.717) is 12.0 Å². The first-order valence-corrected chi connectivity index (χ1v) is 7.29. The molecule has 5 heteroatoms. The van der Waals surface area contributed by atoms with Crippen molar-refractivity contribution in [3.8, 4) is 0 Å². The predicted molar refractivity (Wildman–Crippen MR) is 82.8 cm³/mol. The highest BCUT2D eigenvalue weighted by Gasteiger charge is 2.14. The minimum Gasteiger partial charge on any atom is -0.396 e. The smallest absolute Gasteiger partial charge is 0.252 e. The minimum absolute atomic E-state index is 0.0600. The van der Waals surface area contributed by atoms with E-state index < -0.39 is 0 Å². The summed E-state index contributed by atoms with van der Waals surface area (Å²) < 4.78 is 0.933. The maximum Gasteiger partial charge on any atom is 0.252 e. The van der Waals surface area contributed by atoms with Crippen molar-refractivity contribution >= 4 is 32.7 Å². The largest absolute Gasteiger partial charge is 0.396 e. The number of amides is 1. The molecule has 0 saturated carbocycles. The predicted octanol–water partition coefficient (Wildman–Crippen LogP) is 2.81. The Morgan fingerprint density at radius 3 is 2.90 bits per heavy atom. The number of rotatable bonds is 4. The zero-order chi connectivity index (χ0) is 14.7. The highest BCUT2D eigenvalue weighted by Crippen LogP contribution is 2.22. The lowest BCUT2D eigenvalue weighted by Gasteiger charge is -2.14. The Hall–Kier alpha value is -1.46. The number of aliphatic hydroxyl groups excluding tert-OH is 1. The first kappa shape index (κ1) is 14.9. The summed E-state index contributed by atoms with van der Waals surface area (Å²) >= 11 is 3.41. The van der Waals surface area contributed by atoms with Gasteiger partial charge in [-0.05, 0) is 38.5 Å². The van der Waals surface area contributed by atoms with E-state index in [-0.39, 0.29) is 18.6 Å². The van der Waals surface area contributed by atoms with E-state index in [1.54, 1.807) is 6.07 Å². The summed E-state index contributed by atoms with van der Waals surface area (Å²) in [5.41, 5.74) is 2.21. The third kappa shape index (κ3) is 3.35. The normalized spacial score (nSPS) is 12.4. The molecule has 2 aromatic rings. The van der Waals surface area contributed by atoms with Gasteiger partial charge in [0.2, 0.25) is 0 Å². The van der Waals surface area contributed by atoms with Gasteiger partial charge in [-0.25, -0.2) is 0 Å². The second-order valence-electron chi connectivity index (χ2n) is 4.86. The van der Waals surface area contributed by atoms with Crippen LogP contribution in [-0.4, -0.2) is 28.6 Å². The second kappa shape index (κ2) is 6.33. The lowest BCUT2D eigenvalue weighted by molar-refractivity contribution is 0.0936. The van der Waals surface area contributed by atoms with Crippen LogP contribution in [0.15, 0.2) is 28.7 Å². The van der Waals surface area contributed by atoms with E-state index in [0.717, 1.165) is 21.1 Å². The summed E-state index contributed by atoms with van der Waals surface area (Å²) in [6, 6.07) is 7.41. The molecule has 106 valence electrons. The topological polar surface area (TPSA) is 62.2 Å². The zero-order valence-corrected chi connectivity index (χ0v) is 13.1. The summed E-state index contributed by atoms with van der Waals surface area (Å²) in [5, 5.41) is 12.6. The summed E-state index contributed by atoms with van der Waals surface area (Å²) in [6.07, 6.45) is 0.541. The van der Waals surface area contributed by atoms with Gasteiger partial charge >= 0.3 is 0 Å². The van der Waals surface area contributed by atoms with Crippen molar-refractivity contribution in [3.05, 3.63) is 40.0 Å². The molecule has 0 aliphatic heterocycles. The molecule has 0 aliphatic rings. The maximum atomic E-state index is 12.3. The van der Waals surface area contributed by atoms with Gasteiger partial charge in [0.05, 0.1) is 11.1 Å². The monoisotopic (exact) mass is 336 g/mol. The van der Waals surface area contributed by atoms with Crippen molar-refractivity contribution in [1.29, 1.82) is 0 Å². The molecule has 1 aromatic carbocycles. The minimum atomic E-state index is -0.135. The van der Waals surface area contributed by atoms with Crippen molar-refractivity contribution in [2.75, 3.05) is 6.61 Å². The quantitative estimate of drug-likeness (QED) is 0.902. The lowest BCUT2D eigenvalue weighted by atomic mass is 10.1. The molecule has 0 spiro atoms. The van der Waals surface area contributed by atoms with Gasteiger partial charge in [-0.15, -0.1) is 0 Å². The molecule has 0 fully saturated rings.